The Kier molecular flexibility index (Phi) is 17.0. The molecule has 1 aliphatic heterocycles. The monoisotopic (exact) mass is 284 g/mol. The number of ether oxygens (including phenoxy) is 1. The van der Waals surface area contributed by atoms with Crippen molar-refractivity contribution in [1.82, 2.24) is 10.2 Å². The summed E-state index contributed by atoms with van der Waals surface area (Å²) in [5, 5.41) is 2.25. The highest BCUT2D eigenvalue weighted by Crippen LogP contribution is 1.95. The molecule has 0 aromatic carbocycles. The van der Waals surface area contributed by atoms with Gasteiger partial charge >= 0.3 is 0 Å². The average Bonchev–Trinajstić information content (AvgIpc) is 2.39. The number of amides is 1. The predicted octanol–water partition coefficient (Wildman–Crippen LogP) is 2.00. The third-order valence-electron chi connectivity index (χ3n) is 1.91. The molecule has 1 saturated heterocycles. The number of morpholine rings is 1. The molecule has 118 valence electrons. The van der Waals surface area contributed by atoms with E-state index in [2.05, 4.69) is 56.7 Å². The van der Waals surface area contributed by atoms with Gasteiger partial charge in [0.05, 0.1) is 19.8 Å². The molecule has 0 radical (unpaired) electrons. The number of hydrogen-bond acceptors (Lipinski definition) is 3. The molecule has 20 heavy (non-hydrogen) atoms. The second-order valence-electron chi connectivity index (χ2n) is 5.50. The third-order valence-corrected chi connectivity index (χ3v) is 1.91. The van der Waals surface area contributed by atoms with Crippen molar-refractivity contribution in [3.05, 3.63) is 0 Å². The lowest BCUT2D eigenvalue weighted by Crippen LogP contribution is -2.36. The van der Waals surface area contributed by atoms with E-state index in [9.17, 15) is 0 Å². The van der Waals surface area contributed by atoms with Crippen LogP contribution >= 0.6 is 0 Å². The van der Waals surface area contributed by atoms with E-state index in [0.717, 1.165) is 38.8 Å². The van der Waals surface area contributed by atoms with Crippen LogP contribution in [0.1, 0.15) is 34.6 Å². The fourth-order valence-electron chi connectivity index (χ4n) is 1.12. The molecular formula is C16H32N2O2. The first-order valence-corrected chi connectivity index (χ1v) is 7.33. The van der Waals surface area contributed by atoms with E-state index in [1.165, 1.54) is 0 Å². The van der Waals surface area contributed by atoms with Gasteiger partial charge in [-0.1, -0.05) is 46.5 Å². The summed E-state index contributed by atoms with van der Waals surface area (Å²) in [4.78, 5) is 11.4. The Hall–Kier alpha value is -1.05. The number of carbonyl (C=O) groups excluding carboxylic acids is 1. The number of carbonyl (C=O) groups is 1. The summed E-state index contributed by atoms with van der Waals surface area (Å²) in [6.07, 6.45) is 0.625. The topological polar surface area (TPSA) is 41.6 Å². The number of rotatable bonds is 2. The second kappa shape index (κ2) is 16.0. The van der Waals surface area contributed by atoms with Crippen LogP contribution in [0.3, 0.4) is 0 Å². The smallest absolute Gasteiger partial charge is 0.206 e. The standard InChI is InChI=1S/C10H17NO.C4H10.C2H5NO/c1-10(2)4-3-5-11-6-8-12-9-7-11;1-4(2)3;1-3-2-4/h10H,5-9H2,1-2H3;4H,1-3H3;2H,1H3,(H,3,4). The van der Waals surface area contributed by atoms with E-state index in [-0.39, 0.29) is 0 Å². The molecule has 4 nitrogen and oxygen atoms in total. The molecule has 1 N–H and O–H groups in total. The lowest BCUT2D eigenvalue weighted by atomic mass is 10.2. The maximum absolute atomic E-state index is 9.06. The Morgan fingerprint density at radius 1 is 1.20 bits per heavy atom. The fraction of sp³-hybridized carbons (Fsp3) is 0.812. The first-order valence-electron chi connectivity index (χ1n) is 7.33. The zero-order valence-corrected chi connectivity index (χ0v) is 14.0. The minimum atomic E-state index is 0.492. The summed E-state index contributed by atoms with van der Waals surface area (Å²) in [6, 6.07) is 0. The Balaban J connectivity index is 0. The molecule has 0 unspecified atom stereocenters. The lowest BCUT2D eigenvalue weighted by Gasteiger charge is -2.24. The highest BCUT2D eigenvalue weighted by molar-refractivity contribution is 5.44. The van der Waals surface area contributed by atoms with Crippen molar-refractivity contribution in [3.63, 3.8) is 0 Å². The zero-order chi connectivity index (χ0) is 15.8. The SMILES string of the molecule is CC(C)C.CC(C)C#CCN1CCOCC1.CNC=O. The molecule has 1 fully saturated rings. The molecule has 4 heteroatoms. The van der Waals surface area contributed by atoms with Gasteiger partial charge < -0.3 is 10.1 Å². The summed E-state index contributed by atoms with van der Waals surface area (Å²) in [5.74, 6) is 7.66. The largest absolute Gasteiger partial charge is 0.379 e. The molecule has 0 aliphatic carbocycles. The molecule has 0 bridgehead atoms. The van der Waals surface area contributed by atoms with Crippen LogP contribution in [0.2, 0.25) is 0 Å². The zero-order valence-electron chi connectivity index (χ0n) is 14.0. The lowest BCUT2D eigenvalue weighted by molar-refractivity contribution is -0.109. The minimum Gasteiger partial charge on any atom is -0.379 e. The van der Waals surface area contributed by atoms with Crippen LogP contribution in [0, 0.1) is 23.7 Å². The van der Waals surface area contributed by atoms with Gasteiger partial charge in [-0.25, -0.2) is 0 Å². The van der Waals surface area contributed by atoms with E-state index >= 15 is 0 Å². The van der Waals surface area contributed by atoms with E-state index in [4.69, 9.17) is 9.53 Å². The first-order chi connectivity index (χ1) is 9.43. The first kappa shape index (κ1) is 21.3. The Labute approximate surface area is 125 Å². The van der Waals surface area contributed by atoms with Gasteiger partial charge in [0.1, 0.15) is 0 Å². The van der Waals surface area contributed by atoms with Crippen LogP contribution in [-0.2, 0) is 9.53 Å². The van der Waals surface area contributed by atoms with Crippen molar-refractivity contribution in [2.75, 3.05) is 39.9 Å². The number of nitrogens with one attached hydrogen (secondary N) is 1. The summed E-state index contributed by atoms with van der Waals surface area (Å²) in [5.41, 5.74) is 0. The second-order valence-corrected chi connectivity index (χ2v) is 5.50. The van der Waals surface area contributed by atoms with Crippen molar-refractivity contribution >= 4 is 6.41 Å². The molecule has 0 atom stereocenters. The Morgan fingerprint density at radius 3 is 2.00 bits per heavy atom. The van der Waals surface area contributed by atoms with Crippen LogP contribution in [-0.4, -0.2) is 51.2 Å². The van der Waals surface area contributed by atoms with E-state index in [1.54, 1.807) is 7.05 Å². The number of nitrogens with zero attached hydrogens (tertiary/aromatic N) is 1. The number of hydrogen-bond donors (Lipinski definition) is 1. The highest BCUT2D eigenvalue weighted by atomic mass is 16.5. The summed E-state index contributed by atoms with van der Waals surface area (Å²) >= 11 is 0. The van der Waals surface area contributed by atoms with E-state index in [1.807, 2.05) is 0 Å². The molecular weight excluding hydrogens is 252 g/mol. The van der Waals surface area contributed by atoms with Crippen molar-refractivity contribution in [3.8, 4) is 11.8 Å². The van der Waals surface area contributed by atoms with Crippen molar-refractivity contribution < 1.29 is 9.53 Å². The van der Waals surface area contributed by atoms with Gasteiger partial charge in [-0.15, -0.1) is 0 Å². The predicted molar refractivity (Wildman–Crippen MR) is 85.5 cm³/mol. The fourth-order valence-corrected chi connectivity index (χ4v) is 1.12. The van der Waals surface area contributed by atoms with Gasteiger partial charge in [-0.3, -0.25) is 9.69 Å². The van der Waals surface area contributed by atoms with Crippen molar-refractivity contribution in [2.24, 2.45) is 11.8 Å². The maximum atomic E-state index is 9.06. The van der Waals surface area contributed by atoms with Gasteiger partial charge in [0, 0.05) is 26.1 Å². The average molecular weight is 284 g/mol. The summed E-state index contributed by atoms with van der Waals surface area (Å²) in [6.45, 7) is 15.4. The Morgan fingerprint density at radius 2 is 1.65 bits per heavy atom. The van der Waals surface area contributed by atoms with Crippen LogP contribution in [0.4, 0.5) is 0 Å². The van der Waals surface area contributed by atoms with Gasteiger partial charge in [0.15, 0.2) is 0 Å². The van der Waals surface area contributed by atoms with Gasteiger partial charge in [0.2, 0.25) is 6.41 Å². The highest BCUT2D eigenvalue weighted by Gasteiger charge is 2.07. The quantitative estimate of drug-likeness (QED) is 0.623. The molecule has 0 saturated carbocycles. The van der Waals surface area contributed by atoms with Gasteiger partial charge in [0.25, 0.3) is 0 Å². The summed E-state index contributed by atoms with van der Waals surface area (Å²) < 4.78 is 5.24. The van der Waals surface area contributed by atoms with Gasteiger partial charge in [-0.05, 0) is 5.92 Å². The third kappa shape index (κ3) is 22.2. The molecule has 1 heterocycles. The van der Waals surface area contributed by atoms with Crippen LogP contribution in [0.15, 0.2) is 0 Å². The molecule has 0 aromatic heterocycles. The van der Waals surface area contributed by atoms with Crippen LogP contribution in [0.5, 0.6) is 0 Å². The van der Waals surface area contributed by atoms with Crippen LogP contribution in [0.25, 0.3) is 0 Å². The van der Waals surface area contributed by atoms with Gasteiger partial charge in [-0.2, -0.15) is 0 Å². The normalized spacial score (nSPS) is 14.2. The summed E-state index contributed by atoms with van der Waals surface area (Å²) in [7, 11) is 1.56. The molecule has 1 aliphatic rings. The van der Waals surface area contributed by atoms with E-state index < -0.39 is 0 Å². The molecule has 0 spiro atoms. The Bertz CT molecular complexity index is 259. The molecule has 0 aromatic rings. The molecule has 1 rings (SSSR count). The van der Waals surface area contributed by atoms with E-state index in [0.29, 0.717) is 12.3 Å². The maximum Gasteiger partial charge on any atom is 0.206 e. The molecule has 1 amide bonds. The minimum absolute atomic E-state index is 0.492. The van der Waals surface area contributed by atoms with Crippen LogP contribution < -0.4 is 5.32 Å². The van der Waals surface area contributed by atoms with Crippen molar-refractivity contribution in [1.29, 1.82) is 0 Å². The van der Waals surface area contributed by atoms with Crippen molar-refractivity contribution in [2.45, 2.75) is 34.6 Å².